The Morgan fingerprint density at radius 1 is 1.04 bits per heavy atom. The van der Waals surface area contributed by atoms with Crippen LogP contribution in [0.2, 0.25) is 0 Å². The number of carbonyl (C=O) groups is 1. The van der Waals surface area contributed by atoms with Crippen molar-refractivity contribution in [2.75, 3.05) is 38.2 Å². The summed E-state index contributed by atoms with van der Waals surface area (Å²) in [5.41, 5.74) is 6.37. The zero-order valence-corrected chi connectivity index (χ0v) is 16.4. The number of methoxy groups -OCH3 is 1. The molecule has 6 nitrogen and oxygen atoms in total. The Hall–Kier alpha value is -2.11. The molecule has 1 aromatic carbocycles. The minimum Gasteiger partial charge on any atom is -0.493 e. The predicted octanol–water partition coefficient (Wildman–Crippen LogP) is 3.35. The lowest BCUT2D eigenvalue weighted by atomic mass is 10.2. The van der Waals surface area contributed by atoms with Gasteiger partial charge in [0.05, 0.1) is 13.2 Å². The summed E-state index contributed by atoms with van der Waals surface area (Å²) in [5, 5.41) is 0. The third kappa shape index (κ3) is 7.11. The van der Waals surface area contributed by atoms with Crippen LogP contribution < -0.4 is 20.1 Å². The van der Waals surface area contributed by atoms with Gasteiger partial charge in [0.2, 0.25) is 0 Å². The van der Waals surface area contributed by atoms with Crippen LogP contribution in [0.5, 0.6) is 11.5 Å². The van der Waals surface area contributed by atoms with Crippen LogP contribution in [0, 0.1) is 5.92 Å². The summed E-state index contributed by atoms with van der Waals surface area (Å²) in [6, 6.07) is 5.55. The van der Waals surface area contributed by atoms with Gasteiger partial charge in [-0.05, 0) is 31.9 Å². The van der Waals surface area contributed by atoms with E-state index in [1.807, 2.05) is 32.0 Å². The van der Waals surface area contributed by atoms with Crippen LogP contribution in [0.4, 0.5) is 10.5 Å². The molecular weight excluding hydrogens is 318 g/mol. The van der Waals surface area contributed by atoms with Crippen molar-refractivity contribution in [2.24, 2.45) is 11.7 Å². The number of ether oxygens (including phenoxy) is 2. The molecule has 142 valence electrons. The van der Waals surface area contributed by atoms with E-state index in [0.29, 0.717) is 13.1 Å². The normalized spacial score (nSPS) is 14.2. The molecule has 0 aromatic heterocycles. The Morgan fingerprint density at radius 2 is 1.60 bits per heavy atom. The number of nitrogens with two attached hydrogens (primary N) is 1. The number of rotatable bonds is 4. The number of nitrogens with zero attached hydrogens (tertiary/aromatic N) is 2. The fourth-order valence-corrected chi connectivity index (χ4v) is 2.39. The van der Waals surface area contributed by atoms with E-state index in [9.17, 15) is 4.79 Å². The highest BCUT2D eigenvalue weighted by Crippen LogP contribution is 2.32. The second-order valence-corrected chi connectivity index (χ2v) is 7.05. The first kappa shape index (κ1) is 20.9. The van der Waals surface area contributed by atoms with Crippen molar-refractivity contribution < 1.29 is 14.3 Å². The highest BCUT2D eigenvalue weighted by Gasteiger charge is 2.20. The Bertz CT molecular complexity index is 536. The molecule has 1 fully saturated rings. The van der Waals surface area contributed by atoms with Gasteiger partial charge in [-0.2, -0.15) is 0 Å². The molecule has 6 heteroatoms. The van der Waals surface area contributed by atoms with Crippen molar-refractivity contribution in [1.82, 2.24) is 4.90 Å². The van der Waals surface area contributed by atoms with Gasteiger partial charge in [0.15, 0.2) is 11.5 Å². The lowest BCUT2D eigenvalue weighted by Crippen LogP contribution is -2.50. The van der Waals surface area contributed by atoms with Crippen molar-refractivity contribution in [3.05, 3.63) is 18.2 Å². The second-order valence-electron chi connectivity index (χ2n) is 7.05. The Morgan fingerprint density at radius 3 is 2.04 bits per heavy atom. The average molecular weight is 351 g/mol. The zero-order valence-electron chi connectivity index (χ0n) is 16.4. The van der Waals surface area contributed by atoms with Gasteiger partial charge < -0.3 is 25.0 Å². The molecule has 2 rings (SSSR count). The molecule has 0 bridgehead atoms. The largest absolute Gasteiger partial charge is 0.493 e. The Labute approximate surface area is 151 Å². The molecule has 1 saturated heterocycles. The Kier molecular flexibility index (Phi) is 8.38. The van der Waals surface area contributed by atoms with Gasteiger partial charge in [-0.1, -0.05) is 20.8 Å². The van der Waals surface area contributed by atoms with Crippen LogP contribution >= 0.6 is 0 Å². The molecule has 2 N–H and O–H groups in total. The van der Waals surface area contributed by atoms with E-state index in [1.54, 1.807) is 12.0 Å². The molecule has 0 spiro atoms. The standard InChI is InChI=1S/C15H23N3O3.C4H10/c1-11(2)21-14-10-12(4-5-13(14)20-3)17-6-8-18(9-7-17)15(16)19;1-4(2)3/h4-5,10-11H,6-9H2,1-3H3,(H2,16,19);4H,1-3H3. The maximum absolute atomic E-state index is 11.1. The highest BCUT2D eigenvalue weighted by molar-refractivity contribution is 5.72. The third-order valence-electron chi connectivity index (χ3n) is 3.47. The maximum Gasteiger partial charge on any atom is 0.314 e. The first-order valence-electron chi connectivity index (χ1n) is 8.88. The number of hydrogen-bond donors (Lipinski definition) is 1. The minimum atomic E-state index is -0.354. The number of piperazine rings is 1. The van der Waals surface area contributed by atoms with Gasteiger partial charge in [-0.15, -0.1) is 0 Å². The predicted molar refractivity (Wildman–Crippen MR) is 103 cm³/mol. The van der Waals surface area contributed by atoms with Crippen LogP contribution in [0.1, 0.15) is 34.6 Å². The molecule has 0 saturated carbocycles. The summed E-state index contributed by atoms with van der Waals surface area (Å²) in [6.07, 6.45) is 0.0841. The van der Waals surface area contributed by atoms with Gasteiger partial charge in [0.1, 0.15) is 0 Å². The molecule has 2 amide bonds. The molecule has 0 radical (unpaired) electrons. The quantitative estimate of drug-likeness (QED) is 0.903. The van der Waals surface area contributed by atoms with Gasteiger partial charge in [0, 0.05) is 37.9 Å². The minimum absolute atomic E-state index is 0.0841. The van der Waals surface area contributed by atoms with Gasteiger partial charge in [-0.3, -0.25) is 0 Å². The van der Waals surface area contributed by atoms with E-state index >= 15 is 0 Å². The number of amides is 2. The van der Waals surface area contributed by atoms with Crippen molar-refractivity contribution >= 4 is 11.7 Å². The van der Waals surface area contributed by atoms with Crippen LogP contribution in [-0.2, 0) is 0 Å². The molecule has 1 aliphatic rings. The lowest BCUT2D eigenvalue weighted by molar-refractivity contribution is 0.204. The number of hydrogen-bond acceptors (Lipinski definition) is 4. The van der Waals surface area contributed by atoms with E-state index in [1.165, 1.54) is 0 Å². The summed E-state index contributed by atoms with van der Waals surface area (Å²) in [6.45, 7) is 13.3. The summed E-state index contributed by atoms with van der Waals surface area (Å²) < 4.78 is 11.1. The van der Waals surface area contributed by atoms with E-state index in [0.717, 1.165) is 36.2 Å². The molecule has 0 atom stereocenters. The van der Waals surface area contributed by atoms with E-state index in [-0.39, 0.29) is 12.1 Å². The van der Waals surface area contributed by atoms with Gasteiger partial charge in [-0.25, -0.2) is 4.79 Å². The van der Waals surface area contributed by atoms with Crippen LogP contribution in [0.3, 0.4) is 0 Å². The fraction of sp³-hybridized carbons (Fsp3) is 0.632. The monoisotopic (exact) mass is 351 g/mol. The van der Waals surface area contributed by atoms with E-state index in [4.69, 9.17) is 15.2 Å². The first-order valence-corrected chi connectivity index (χ1v) is 8.88. The van der Waals surface area contributed by atoms with Crippen molar-refractivity contribution in [3.63, 3.8) is 0 Å². The van der Waals surface area contributed by atoms with Crippen molar-refractivity contribution in [3.8, 4) is 11.5 Å². The number of benzene rings is 1. The summed E-state index contributed by atoms with van der Waals surface area (Å²) >= 11 is 0. The number of carbonyl (C=O) groups excluding carboxylic acids is 1. The lowest BCUT2D eigenvalue weighted by Gasteiger charge is -2.35. The topological polar surface area (TPSA) is 68.0 Å². The molecule has 1 aliphatic heterocycles. The highest BCUT2D eigenvalue weighted by atomic mass is 16.5. The first-order chi connectivity index (χ1) is 11.7. The molecule has 1 aromatic rings. The number of urea groups is 1. The summed E-state index contributed by atoms with van der Waals surface area (Å²) in [5.74, 6) is 2.30. The van der Waals surface area contributed by atoms with Crippen LogP contribution in [0.25, 0.3) is 0 Å². The molecule has 0 aliphatic carbocycles. The molecular formula is C19H33N3O3. The van der Waals surface area contributed by atoms with E-state index < -0.39 is 0 Å². The van der Waals surface area contributed by atoms with E-state index in [2.05, 4.69) is 25.7 Å². The molecule has 1 heterocycles. The van der Waals surface area contributed by atoms with Crippen LogP contribution in [0.15, 0.2) is 18.2 Å². The van der Waals surface area contributed by atoms with Crippen LogP contribution in [-0.4, -0.2) is 50.3 Å². The molecule has 0 unspecified atom stereocenters. The average Bonchev–Trinajstić information content (AvgIpc) is 2.54. The fourth-order valence-electron chi connectivity index (χ4n) is 2.39. The number of anilines is 1. The SMILES string of the molecule is CC(C)C.COc1ccc(N2CCN(C(N)=O)CC2)cc1OC(C)C. The summed E-state index contributed by atoms with van der Waals surface area (Å²) in [7, 11) is 1.63. The smallest absolute Gasteiger partial charge is 0.314 e. The third-order valence-corrected chi connectivity index (χ3v) is 3.47. The second kappa shape index (κ2) is 10.0. The number of primary amides is 1. The van der Waals surface area contributed by atoms with Gasteiger partial charge in [0.25, 0.3) is 0 Å². The van der Waals surface area contributed by atoms with Crippen molar-refractivity contribution in [2.45, 2.75) is 40.7 Å². The maximum atomic E-state index is 11.1. The summed E-state index contributed by atoms with van der Waals surface area (Å²) in [4.78, 5) is 15.0. The Balaban J connectivity index is 0.000000705. The van der Waals surface area contributed by atoms with Crippen molar-refractivity contribution in [1.29, 1.82) is 0 Å². The zero-order chi connectivity index (χ0) is 19.0. The van der Waals surface area contributed by atoms with Gasteiger partial charge >= 0.3 is 6.03 Å². The molecule has 25 heavy (non-hydrogen) atoms.